The molecule has 5 heteroatoms. The van der Waals surface area contributed by atoms with Crippen LogP contribution in [0, 0.1) is 0 Å². The van der Waals surface area contributed by atoms with E-state index in [0.717, 1.165) is 5.82 Å². The maximum absolute atomic E-state index is 10.6. The predicted molar refractivity (Wildman–Crippen MR) is 55.7 cm³/mol. The summed E-state index contributed by atoms with van der Waals surface area (Å²) in [6.45, 7) is 1.04. The smallest absolute Gasteiger partial charge is 0.438 e. The van der Waals surface area contributed by atoms with Crippen LogP contribution in [0.15, 0.2) is 24.4 Å². The highest BCUT2D eigenvalue weighted by Crippen LogP contribution is 1.99. The molecule has 1 aromatic rings. The van der Waals surface area contributed by atoms with Crippen molar-refractivity contribution in [2.24, 2.45) is 0 Å². The van der Waals surface area contributed by atoms with Gasteiger partial charge in [-0.3, -0.25) is 0 Å². The van der Waals surface area contributed by atoms with E-state index in [0.29, 0.717) is 19.6 Å². The van der Waals surface area contributed by atoms with Gasteiger partial charge in [-0.2, -0.15) is 0 Å². The fraction of sp³-hybridized carbons (Fsp3) is 0.400. The third-order valence-electron chi connectivity index (χ3n) is 1.68. The fourth-order valence-corrected chi connectivity index (χ4v) is 0.970. The maximum atomic E-state index is 10.6. The topological polar surface area (TPSA) is 60.5 Å². The van der Waals surface area contributed by atoms with E-state index in [1.165, 1.54) is 7.11 Å². The van der Waals surface area contributed by atoms with Gasteiger partial charge < -0.3 is 14.8 Å². The highest BCUT2D eigenvalue weighted by atomic mass is 16.7. The summed E-state index contributed by atoms with van der Waals surface area (Å²) in [5.41, 5.74) is 0. The quantitative estimate of drug-likeness (QED) is 0.591. The number of carbonyl (C=O) groups excluding carboxylic acids is 1. The Hall–Kier alpha value is -1.78. The first-order valence-electron chi connectivity index (χ1n) is 4.68. The molecule has 82 valence electrons. The van der Waals surface area contributed by atoms with Crippen molar-refractivity contribution in [1.29, 1.82) is 0 Å². The lowest BCUT2D eigenvalue weighted by Gasteiger charge is -2.05. The number of ether oxygens (including phenoxy) is 2. The van der Waals surface area contributed by atoms with Gasteiger partial charge in [-0.15, -0.1) is 0 Å². The normalized spacial score (nSPS) is 9.40. The van der Waals surface area contributed by atoms with Gasteiger partial charge in [0.25, 0.3) is 0 Å². The highest BCUT2D eigenvalue weighted by Gasteiger charge is 1.98. The SMILES string of the molecule is COC(=O)OCCCNc1ccccn1. The monoisotopic (exact) mass is 210 g/mol. The Bertz CT molecular complexity index is 290. The van der Waals surface area contributed by atoms with Crippen LogP contribution in [-0.2, 0) is 9.47 Å². The second kappa shape index (κ2) is 6.64. The third-order valence-corrected chi connectivity index (χ3v) is 1.68. The second-order valence-electron chi connectivity index (χ2n) is 2.80. The largest absolute Gasteiger partial charge is 0.507 e. The van der Waals surface area contributed by atoms with E-state index in [2.05, 4.69) is 15.0 Å². The number of nitrogens with one attached hydrogen (secondary N) is 1. The number of aromatic nitrogens is 1. The van der Waals surface area contributed by atoms with E-state index in [1.54, 1.807) is 6.20 Å². The minimum atomic E-state index is -0.646. The minimum Gasteiger partial charge on any atom is -0.438 e. The fourth-order valence-electron chi connectivity index (χ4n) is 0.970. The molecule has 0 bridgehead atoms. The van der Waals surface area contributed by atoms with Gasteiger partial charge in [-0.05, 0) is 18.6 Å². The predicted octanol–water partition coefficient (Wildman–Crippen LogP) is 1.67. The lowest BCUT2D eigenvalue weighted by Crippen LogP contribution is -2.10. The lowest BCUT2D eigenvalue weighted by atomic mass is 10.4. The number of rotatable bonds is 5. The maximum Gasteiger partial charge on any atom is 0.507 e. The van der Waals surface area contributed by atoms with Crippen molar-refractivity contribution in [3.8, 4) is 0 Å². The summed E-state index contributed by atoms with van der Waals surface area (Å²) in [6, 6.07) is 5.63. The molecule has 0 fully saturated rings. The Balaban J connectivity index is 2.05. The van der Waals surface area contributed by atoms with Gasteiger partial charge in [0.05, 0.1) is 13.7 Å². The summed E-state index contributed by atoms with van der Waals surface area (Å²) in [5, 5.41) is 3.09. The van der Waals surface area contributed by atoms with Crippen LogP contribution in [0.4, 0.5) is 10.6 Å². The number of hydrogen-bond donors (Lipinski definition) is 1. The van der Waals surface area contributed by atoms with Crippen LogP contribution in [0.25, 0.3) is 0 Å². The van der Waals surface area contributed by atoms with Gasteiger partial charge in [-0.25, -0.2) is 9.78 Å². The van der Waals surface area contributed by atoms with E-state index in [1.807, 2.05) is 18.2 Å². The molecule has 0 unspecified atom stereocenters. The number of pyridine rings is 1. The molecule has 15 heavy (non-hydrogen) atoms. The van der Waals surface area contributed by atoms with Crippen molar-refractivity contribution < 1.29 is 14.3 Å². The molecule has 5 nitrogen and oxygen atoms in total. The summed E-state index contributed by atoms with van der Waals surface area (Å²) in [4.78, 5) is 14.7. The van der Waals surface area contributed by atoms with Crippen LogP contribution in [0.3, 0.4) is 0 Å². The van der Waals surface area contributed by atoms with Crippen LogP contribution in [0.5, 0.6) is 0 Å². The van der Waals surface area contributed by atoms with Crippen molar-refractivity contribution in [3.05, 3.63) is 24.4 Å². The Labute approximate surface area is 88.4 Å². The van der Waals surface area contributed by atoms with Gasteiger partial charge in [0.15, 0.2) is 0 Å². The van der Waals surface area contributed by atoms with E-state index in [-0.39, 0.29) is 0 Å². The summed E-state index contributed by atoms with van der Waals surface area (Å²) in [6.07, 6.45) is 1.78. The molecule has 0 radical (unpaired) electrons. The van der Waals surface area contributed by atoms with Crippen LogP contribution in [0.2, 0.25) is 0 Å². The summed E-state index contributed by atoms with van der Waals surface area (Å²) < 4.78 is 9.03. The van der Waals surface area contributed by atoms with Gasteiger partial charge in [0, 0.05) is 12.7 Å². The first-order chi connectivity index (χ1) is 7.33. The average Bonchev–Trinajstić information content (AvgIpc) is 2.29. The molecule has 1 heterocycles. The standard InChI is InChI=1S/C10H14N2O3/c1-14-10(13)15-8-4-7-12-9-5-2-3-6-11-9/h2-3,5-6H,4,7-8H2,1H3,(H,11,12). The van der Waals surface area contributed by atoms with E-state index in [9.17, 15) is 4.79 Å². The Morgan fingerprint density at radius 1 is 1.53 bits per heavy atom. The molecule has 0 spiro atoms. The molecule has 0 aliphatic rings. The van der Waals surface area contributed by atoms with Crippen LogP contribution in [0.1, 0.15) is 6.42 Å². The van der Waals surface area contributed by atoms with Crippen molar-refractivity contribution in [3.63, 3.8) is 0 Å². The van der Waals surface area contributed by atoms with E-state index < -0.39 is 6.16 Å². The van der Waals surface area contributed by atoms with E-state index >= 15 is 0 Å². The number of carbonyl (C=O) groups is 1. The zero-order valence-corrected chi connectivity index (χ0v) is 8.60. The third kappa shape index (κ3) is 4.85. The summed E-state index contributed by atoms with van der Waals surface area (Å²) >= 11 is 0. The lowest BCUT2D eigenvalue weighted by molar-refractivity contribution is 0.0726. The molecule has 0 aliphatic heterocycles. The molecule has 0 saturated carbocycles. The van der Waals surface area contributed by atoms with Crippen LogP contribution >= 0.6 is 0 Å². The van der Waals surface area contributed by atoms with Crippen molar-refractivity contribution >= 4 is 12.0 Å². The highest BCUT2D eigenvalue weighted by molar-refractivity contribution is 5.59. The first kappa shape index (κ1) is 11.3. The Morgan fingerprint density at radius 3 is 3.07 bits per heavy atom. The summed E-state index contributed by atoms with van der Waals surface area (Å²) in [7, 11) is 1.29. The van der Waals surface area contributed by atoms with Gasteiger partial charge in [0.2, 0.25) is 0 Å². The van der Waals surface area contributed by atoms with Crippen LogP contribution < -0.4 is 5.32 Å². The molecule has 1 rings (SSSR count). The van der Waals surface area contributed by atoms with E-state index in [4.69, 9.17) is 4.74 Å². The molecular formula is C10H14N2O3. The van der Waals surface area contributed by atoms with Gasteiger partial charge in [0.1, 0.15) is 5.82 Å². The molecule has 0 saturated heterocycles. The zero-order chi connectivity index (χ0) is 10.9. The van der Waals surface area contributed by atoms with Crippen molar-refractivity contribution in [2.75, 3.05) is 25.6 Å². The first-order valence-corrected chi connectivity index (χ1v) is 4.68. The molecule has 1 N–H and O–H groups in total. The van der Waals surface area contributed by atoms with Crippen LogP contribution in [-0.4, -0.2) is 31.4 Å². The number of anilines is 1. The number of nitrogens with zero attached hydrogens (tertiary/aromatic N) is 1. The zero-order valence-electron chi connectivity index (χ0n) is 8.60. The summed E-state index contributed by atoms with van der Waals surface area (Å²) in [5.74, 6) is 0.815. The molecule has 0 atom stereocenters. The minimum absolute atomic E-state index is 0.340. The Morgan fingerprint density at radius 2 is 2.40 bits per heavy atom. The average molecular weight is 210 g/mol. The molecule has 0 aliphatic carbocycles. The number of hydrogen-bond acceptors (Lipinski definition) is 5. The van der Waals surface area contributed by atoms with Gasteiger partial charge in [-0.1, -0.05) is 6.07 Å². The molecule has 1 aromatic heterocycles. The molecule has 0 aromatic carbocycles. The Kier molecular flexibility index (Phi) is 5.00. The van der Waals surface area contributed by atoms with Crippen molar-refractivity contribution in [2.45, 2.75) is 6.42 Å². The molecular weight excluding hydrogens is 196 g/mol. The molecule has 0 amide bonds. The van der Waals surface area contributed by atoms with Gasteiger partial charge >= 0.3 is 6.16 Å². The second-order valence-corrected chi connectivity index (χ2v) is 2.80. The number of methoxy groups -OCH3 is 1. The van der Waals surface area contributed by atoms with Crippen molar-refractivity contribution in [1.82, 2.24) is 4.98 Å².